The lowest BCUT2D eigenvalue weighted by atomic mass is 10.1. The fourth-order valence-electron chi connectivity index (χ4n) is 2.57. The molecule has 1 aliphatic rings. The third kappa shape index (κ3) is 5.07. The highest BCUT2D eigenvalue weighted by atomic mass is 127. The van der Waals surface area contributed by atoms with Gasteiger partial charge in [-0.25, -0.2) is 4.79 Å². The molecule has 6 nitrogen and oxygen atoms in total. The number of aromatic carboxylic acids is 1. The standard InChI is InChI=1S/C21H16INO5S/c1-2-9-23-19(24)18(29-21(23)27)11-14-5-8-17(16(22)10-14)28-12-13-3-6-15(7-4-13)20(25)26/h2-8,10-11H,1,9,12H2,(H,25,26)/b18-11+. The molecule has 3 rings (SSSR count). The number of carbonyl (C=O) groups excluding carboxylic acids is 2. The quantitative estimate of drug-likeness (QED) is 0.321. The van der Waals surface area contributed by atoms with Crippen LogP contribution in [0, 0.1) is 3.57 Å². The lowest BCUT2D eigenvalue weighted by molar-refractivity contribution is -0.122. The molecular weight excluding hydrogens is 505 g/mol. The van der Waals surface area contributed by atoms with Crippen LogP contribution in [0.15, 0.2) is 60.0 Å². The smallest absolute Gasteiger partial charge is 0.335 e. The minimum absolute atomic E-state index is 0.194. The number of hydrogen-bond donors (Lipinski definition) is 1. The van der Waals surface area contributed by atoms with Crippen molar-refractivity contribution in [2.75, 3.05) is 6.54 Å². The molecule has 8 heteroatoms. The topological polar surface area (TPSA) is 83.9 Å². The van der Waals surface area contributed by atoms with Crippen molar-refractivity contribution in [3.63, 3.8) is 0 Å². The van der Waals surface area contributed by atoms with Crippen LogP contribution in [0.25, 0.3) is 6.08 Å². The van der Waals surface area contributed by atoms with Crippen molar-refractivity contribution in [1.29, 1.82) is 0 Å². The molecule has 1 heterocycles. The van der Waals surface area contributed by atoms with E-state index in [1.807, 2.05) is 12.1 Å². The minimum atomic E-state index is -0.968. The predicted molar refractivity (Wildman–Crippen MR) is 120 cm³/mol. The van der Waals surface area contributed by atoms with Crippen molar-refractivity contribution in [2.24, 2.45) is 0 Å². The summed E-state index contributed by atoms with van der Waals surface area (Å²) in [5.74, 6) is -0.616. The lowest BCUT2D eigenvalue weighted by Gasteiger charge is -2.10. The first-order valence-corrected chi connectivity index (χ1v) is 10.4. The molecule has 1 fully saturated rings. The molecule has 0 saturated carbocycles. The molecule has 0 bridgehead atoms. The van der Waals surface area contributed by atoms with Gasteiger partial charge in [0.05, 0.1) is 14.0 Å². The van der Waals surface area contributed by atoms with Crippen LogP contribution >= 0.6 is 34.4 Å². The van der Waals surface area contributed by atoms with Gasteiger partial charge in [0.2, 0.25) is 0 Å². The Balaban J connectivity index is 1.69. The summed E-state index contributed by atoms with van der Waals surface area (Å²) in [5, 5.41) is 8.63. The van der Waals surface area contributed by atoms with Crippen molar-refractivity contribution in [3.05, 3.63) is 80.3 Å². The van der Waals surface area contributed by atoms with Gasteiger partial charge in [0.25, 0.3) is 11.1 Å². The van der Waals surface area contributed by atoms with Crippen LogP contribution in [-0.4, -0.2) is 33.7 Å². The number of carboxylic acid groups (broad SMARTS) is 1. The Morgan fingerprint density at radius 1 is 1.21 bits per heavy atom. The number of carboxylic acids is 1. The van der Waals surface area contributed by atoms with Gasteiger partial charge in [-0.3, -0.25) is 14.5 Å². The number of benzene rings is 2. The predicted octanol–water partition coefficient (Wildman–Crippen LogP) is 4.79. The van der Waals surface area contributed by atoms with Crippen molar-refractivity contribution in [2.45, 2.75) is 6.61 Å². The third-order valence-corrected chi connectivity index (χ3v) is 5.78. The Labute approximate surface area is 185 Å². The van der Waals surface area contributed by atoms with Crippen molar-refractivity contribution in [1.82, 2.24) is 4.90 Å². The Hall–Kier alpha value is -2.59. The van der Waals surface area contributed by atoms with E-state index in [1.165, 1.54) is 18.2 Å². The van der Waals surface area contributed by atoms with E-state index in [2.05, 4.69) is 29.2 Å². The van der Waals surface area contributed by atoms with Crippen molar-refractivity contribution in [3.8, 4) is 5.75 Å². The summed E-state index contributed by atoms with van der Waals surface area (Å²) in [6.07, 6.45) is 3.20. The van der Waals surface area contributed by atoms with Gasteiger partial charge >= 0.3 is 5.97 Å². The van der Waals surface area contributed by atoms with E-state index in [9.17, 15) is 14.4 Å². The highest BCUT2D eigenvalue weighted by Gasteiger charge is 2.34. The maximum atomic E-state index is 12.3. The van der Waals surface area contributed by atoms with Gasteiger partial charge in [-0.15, -0.1) is 6.58 Å². The Bertz CT molecular complexity index is 1020. The number of rotatable bonds is 7. The van der Waals surface area contributed by atoms with E-state index in [-0.39, 0.29) is 23.3 Å². The van der Waals surface area contributed by atoms with Crippen LogP contribution in [0.1, 0.15) is 21.5 Å². The minimum Gasteiger partial charge on any atom is -0.488 e. The maximum absolute atomic E-state index is 12.3. The zero-order chi connectivity index (χ0) is 21.0. The second-order valence-corrected chi connectivity index (χ2v) is 8.22. The summed E-state index contributed by atoms with van der Waals surface area (Å²) in [7, 11) is 0. The molecule has 0 radical (unpaired) electrons. The number of hydrogen-bond acceptors (Lipinski definition) is 5. The number of thioether (sulfide) groups is 1. The fourth-order valence-corrected chi connectivity index (χ4v) is 4.11. The van der Waals surface area contributed by atoms with Crippen LogP contribution in [0.5, 0.6) is 5.75 Å². The molecule has 2 aromatic carbocycles. The van der Waals surface area contributed by atoms with Gasteiger partial charge in [-0.1, -0.05) is 24.3 Å². The summed E-state index contributed by atoms with van der Waals surface area (Å²) in [6, 6.07) is 12.0. The highest BCUT2D eigenvalue weighted by molar-refractivity contribution is 14.1. The van der Waals surface area contributed by atoms with Gasteiger partial charge in [0.1, 0.15) is 12.4 Å². The molecule has 1 N–H and O–H groups in total. The summed E-state index contributed by atoms with van der Waals surface area (Å²) in [4.78, 5) is 36.6. The number of amides is 2. The molecule has 0 aliphatic carbocycles. The van der Waals surface area contributed by atoms with Crippen molar-refractivity contribution >= 4 is 57.5 Å². The average Bonchev–Trinajstić information content (AvgIpc) is 2.95. The molecule has 2 amide bonds. The van der Waals surface area contributed by atoms with Gasteiger partial charge in [0.15, 0.2) is 0 Å². The molecule has 0 atom stereocenters. The fraction of sp³-hybridized carbons (Fsp3) is 0.0952. The van der Waals surface area contributed by atoms with Gasteiger partial charge in [-0.2, -0.15) is 0 Å². The van der Waals surface area contributed by atoms with Crippen LogP contribution in [-0.2, 0) is 11.4 Å². The second-order valence-electron chi connectivity index (χ2n) is 6.06. The van der Waals surface area contributed by atoms with Crippen LogP contribution in [0.3, 0.4) is 0 Å². The van der Waals surface area contributed by atoms with E-state index in [4.69, 9.17) is 9.84 Å². The number of halogens is 1. The molecule has 0 spiro atoms. The molecule has 0 aromatic heterocycles. The van der Waals surface area contributed by atoms with E-state index < -0.39 is 5.97 Å². The first kappa shape index (κ1) is 21.1. The number of imide groups is 1. The molecule has 2 aromatic rings. The Morgan fingerprint density at radius 3 is 2.55 bits per heavy atom. The zero-order valence-electron chi connectivity index (χ0n) is 15.1. The first-order chi connectivity index (χ1) is 13.9. The van der Waals surface area contributed by atoms with Crippen LogP contribution < -0.4 is 4.74 Å². The number of nitrogens with zero attached hydrogens (tertiary/aromatic N) is 1. The number of ether oxygens (including phenoxy) is 1. The van der Waals surface area contributed by atoms with Crippen LogP contribution in [0.2, 0.25) is 0 Å². The molecule has 148 valence electrons. The SMILES string of the molecule is C=CCN1C(=O)S/C(=C/c2ccc(OCc3ccc(C(=O)O)cc3)c(I)c2)C1=O. The van der Waals surface area contributed by atoms with E-state index in [0.717, 1.165) is 31.4 Å². The van der Waals surface area contributed by atoms with Crippen molar-refractivity contribution < 1.29 is 24.2 Å². The summed E-state index contributed by atoms with van der Waals surface area (Å²) in [6.45, 7) is 4.05. The van der Waals surface area contributed by atoms with E-state index in [1.54, 1.807) is 24.3 Å². The molecule has 0 unspecified atom stereocenters. The second kappa shape index (κ2) is 9.27. The Kier molecular flexibility index (Phi) is 6.75. The molecular formula is C21H16INO5S. The average molecular weight is 521 g/mol. The zero-order valence-corrected chi connectivity index (χ0v) is 18.1. The Morgan fingerprint density at radius 2 is 1.93 bits per heavy atom. The summed E-state index contributed by atoms with van der Waals surface area (Å²) < 4.78 is 6.66. The van der Waals surface area contributed by atoms with Gasteiger partial charge in [-0.05, 0) is 75.8 Å². The van der Waals surface area contributed by atoms with E-state index >= 15 is 0 Å². The number of carbonyl (C=O) groups is 3. The lowest BCUT2D eigenvalue weighted by Crippen LogP contribution is -2.27. The highest BCUT2D eigenvalue weighted by Crippen LogP contribution is 2.33. The summed E-state index contributed by atoms with van der Waals surface area (Å²) in [5.41, 5.74) is 1.87. The maximum Gasteiger partial charge on any atom is 0.335 e. The normalized spacial score (nSPS) is 15.1. The monoisotopic (exact) mass is 521 g/mol. The first-order valence-electron chi connectivity index (χ1n) is 8.50. The van der Waals surface area contributed by atoms with E-state index in [0.29, 0.717) is 17.3 Å². The van der Waals surface area contributed by atoms with Gasteiger partial charge in [0, 0.05) is 6.54 Å². The summed E-state index contributed by atoms with van der Waals surface area (Å²) >= 11 is 3.05. The molecule has 29 heavy (non-hydrogen) atoms. The molecule has 1 aliphatic heterocycles. The third-order valence-electron chi connectivity index (χ3n) is 4.03. The molecule has 1 saturated heterocycles. The van der Waals surface area contributed by atoms with Crippen LogP contribution in [0.4, 0.5) is 4.79 Å². The van der Waals surface area contributed by atoms with Gasteiger partial charge < -0.3 is 9.84 Å². The largest absolute Gasteiger partial charge is 0.488 e.